The minimum absolute atomic E-state index is 0.655. The van der Waals surface area contributed by atoms with Gasteiger partial charge in [0.2, 0.25) is 0 Å². The Kier molecular flexibility index (Phi) is 9.52. The highest BCUT2D eigenvalue weighted by Crippen LogP contribution is 2.49. The largest absolute Gasteiger partial charge is 0.310 e. The van der Waals surface area contributed by atoms with Crippen molar-refractivity contribution in [2.45, 2.75) is 0 Å². The summed E-state index contributed by atoms with van der Waals surface area (Å²) in [6.07, 6.45) is 0. The Hall–Kier alpha value is -9.43. The van der Waals surface area contributed by atoms with Gasteiger partial charge in [0.25, 0.3) is 0 Å². The van der Waals surface area contributed by atoms with Crippen molar-refractivity contribution < 1.29 is 0 Å². The van der Waals surface area contributed by atoms with Crippen molar-refractivity contribution in [1.29, 1.82) is 5.26 Å². The normalized spacial score (nSPS) is 11.5. The first-order valence-electron chi connectivity index (χ1n) is 23.4. The quantitative estimate of drug-likeness (QED) is 0.145. The zero-order chi connectivity index (χ0) is 45.8. The molecule has 0 atom stereocenters. The van der Waals surface area contributed by atoms with Crippen LogP contribution in [-0.2, 0) is 0 Å². The topological polar surface area (TPSA) is 34.7 Å². The first kappa shape index (κ1) is 39.9. The number of hydrogen-bond donors (Lipinski definition) is 0. The molecule has 0 saturated carbocycles. The number of fused-ring (bicyclic) bond motifs is 7. The predicted octanol–water partition coefficient (Wildman–Crippen LogP) is 17.8. The molecule has 0 unspecified atom stereocenters. The van der Waals surface area contributed by atoms with E-state index in [0.717, 1.165) is 72.4 Å². The molecule has 2 aromatic heterocycles. The van der Waals surface area contributed by atoms with Gasteiger partial charge in [-0.25, -0.2) is 0 Å². The number of anilines is 6. The molecule has 0 N–H and O–H groups in total. The third kappa shape index (κ3) is 6.76. The number of aromatic nitrogens is 1. The molecule has 0 spiro atoms. The molecule has 0 radical (unpaired) electrons. The average Bonchev–Trinajstić information content (AvgIpc) is 3.93. The van der Waals surface area contributed by atoms with E-state index < -0.39 is 0 Å². The molecule has 13 rings (SSSR count). The second-order valence-electron chi connectivity index (χ2n) is 17.6. The van der Waals surface area contributed by atoms with Gasteiger partial charge >= 0.3 is 0 Å². The lowest BCUT2D eigenvalue weighted by Crippen LogP contribution is -2.10. The highest BCUT2D eigenvalue weighted by molar-refractivity contribution is 6.28. The van der Waals surface area contributed by atoms with Crippen molar-refractivity contribution in [3.63, 3.8) is 0 Å². The zero-order valence-corrected chi connectivity index (χ0v) is 37.5. The minimum atomic E-state index is 0.655. The molecule has 0 aliphatic heterocycles. The second-order valence-corrected chi connectivity index (χ2v) is 17.6. The maximum atomic E-state index is 10.2. The van der Waals surface area contributed by atoms with Crippen molar-refractivity contribution in [3.8, 4) is 39.4 Å². The van der Waals surface area contributed by atoms with Crippen LogP contribution in [-0.4, -0.2) is 4.40 Å². The Bertz CT molecular complexity index is 4040. The monoisotopic (exact) mass is 878 g/mol. The van der Waals surface area contributed by atoms with E-state index in [1.165, 1.54) is 43.9 Å². The number of nitriles is 1. The van der Waals surface area contributed by atoms with Gasteiger partial charge in [0.15, 0.2) is 0 Å². The van der Waals surface area contributed by atoms with E-state index in [4.69, 9.17) is 0 Å². The van der Waals surface area contributed by atoms with Gasteiger partial charge in [-0.1, -0.05) is 158 Å². The Labute approximate surface area is 400 Å². The van der Waals surface area contributed by atoms with Crippen LogP contribution in [0.4, 0.5) is 34.1 Å². The molecule has 4 heteroatoms. The first-order chi connectivity index (χ1) is 34.2. The van der Waals surface area contributed by atoms with E-state index in [2.05, 4.69) is 257 Å². The number of hydrogen-bond acceptors (Lipinski definition) is 3. The summed E-state index contributed by atoms with van der Waals surface area (Å²) < 4.78 is 2.48. The van der Waals surface area contributed by atoms with Gasteiger partial charge < -0.3 is 14.2 Å². The number of nitrogens with zero attached hydrogens (tertiary/aromatic N) is 4. The van der Waals surface area contributed by atoms with Crippen LogP contribution in [0.15, 0.2) is 255 Å². The van der Waals surface area contributed by atoms with Gasteiger partial charge in [-0.05, 0) is 141 Å². The maximum Gasteiger partial charge on any atom is 0.0998 e. The van der Waals surface area contributed by atoms with Gasteiger partial charge in [-0.3, -0.25) is 0 Å². The molecule has 322 valence electrons. The molecule has 0 aliphatic rings. The van der Waals surface area contributed by atoms with Crippen LogP contribution < -0.4 is 9.80 Å². The van der Waals surface area contributed by atoms with Crippen LogP contribution in [0.3, 0.4) is 0 Å². The Morgan fingerprint density at radius 1 is 0.333 bits per heavy atom. The molecular weight excluding hydrogens is 837 g/mol. The lowest BCUT2D eigenvalue weighted by Gasteiger charge is -2.27. The van der Waals surface area contributed by atoms with Gasteiger partial charge in [0.1, 0.15) is 0 Å². The first-order valence-corrected chi connectivity index (χ1v) is 23.4. The summed E-state index contributed by atoms with van der Waals surface area (Å²) >= 11 is 0. The van der Waals surface area contributed by atoms with Crippen molar-refractivity contribution >= 4 is 83.0 Å². The molecule has 13 aromatic rings. The standard InChI is InChI=1S/C65H42N4/c66-43-50-19-13-14-24-57(50)49-30-37-61-60(41-49)64-62(68(53-22-11-4-12-23-53)55-33-27-47(28-34-55)45-17-7-2-8-18-45)38-36-58-59-40-48-29-35-56(39-51(48)42-63(59)69(61)65(58)64)67(52-20-9-3-10-21-52)54-31-25-46(26-32-54)44-15-5-1-6-16-44/h1-42H. The highest BCUT2D eigenvalue weighted by atomic mass is 15.2. The third-order valence-corrected chi connectivity index (χ3v) is 13.7. The van der Waals surface area contributed by atoms with Gasteiger partial charge in [-0.2, -0.15) is 5.26 Å². The van der Waals surface area contributed by atoms with E-state index in [0.29, 0.717) is 5.56 Å². The second kappa shape index (κ2) is 16.5. The van der Waals surface area contributed by atoms with Crippen LogP contribution in [0.2, 0.25) is 0 Å². The summed E-state index contributed by atoms with van der Waals surface area (Å²) in [5.41, 5.74) is 17.2. The third-order valence-electron chi connectivity index (χ3n) is 13.7. The molecule has 11 aromatic carbocycles. The molecule has 0 bridgehead atoms. The van der Waals surface area contributed by atoms with Crippen molar-refractivity contribution in [3.05, 3.63) is 260 Å². The number of para-hydroxylation sites is 2. The summed E-state index contributed by atoms with van der Waals surface area (Å²) in [6.45, 7) is 0. The molecule has 0 amide bonds. The Morgan fingerprint density at radius 2 is 0.855 bits per heavy atom. The molecule has 69 heavy (non-hydrogen) atoms. The van der Waals surface area contributed by atoms with Crippen LogP contribution in [0.5, 0.6) is 0 Å². The number of rotatable bonds is 9. The fourth-order valence-electron chi connectivity index (χ4n) is 10.5. The highest BCUT2D eigenvalue weighted by Gasteiger charge is 2.25. The predicted molar refractivity (Wildman–Crippen MR) is 289 cm³/mol. The molecule has 0 aliphatic carbocycles. The fourth-order valence-corrected chi connectivity index (χ4v) is 10.5. The van der Waals surface area contributed by atoms with Crippen molar-refractivity contribution in [1.82, 2.24) is 4.40 Å². The molecule has 0 saturated heterocycles. The van der Waals surface area contributed by atoms with Gasteiger partial charge in [0.05, 0.1) is 33.9 Å². The van der Waals surface area contributed by atoms with Crippen LogP contribution in [0.1, 0.15) is 5.56 Å². The minimum Gasteiger partial charge on any atom is -0.310 e. The molecule has 0 fully saturated rings. The maximum absolute atomic E-state index is 10.2. The SMILES string of the molecule is N#Cc1ccccc1-c1ccc2c(c1)c1c(N(c3ccccc3)c3ccc(-c4ccccc4)cc3)ccc3c4cc5ccc(N(c6ccccc6)c6ccc(-c7ccccc7)cc6)cc5cc4n2c31. The molecule has 2 heterocycles. The van der Waals surface area contributed by atoms with Gasteiger partial charge in [-0.15, -0.1) is 0 Å². The lowest BCUT2D eigenvalue weighted by molar-refractivity contribution is 1.29. The van der Waals surface area contributed by atoms with Crippen LogP contribution in [0, 0.1) is 11.3 Å². The van der Waals surface area contributed by atoms with Gasteiger partial charge in [0, 0.05) is 50.0 Å². The van der Waals surface area contributed by atoms with Crippen molar-refractivity contribution in [2.24, 2.45) is 0 Å². The number of benzene rings is 11. The Morgan fingerprint density at radius 3 is 1.49 bits per heavy atom. The van der Waals surface area contributed by atoms with E-state index in [1.807, 2.05) is 18.2 Å². The fraction of sp³-hybridized carbons (Fsp3) is 0. The summed E-state index contributed by atoms with van der Waals surface area (Å²) in [7, 11) is 0. The van der Waals surface area contributed by atoms with E-state index in [1.54, 1.807) is 0 Å². The van der Waals surface area contributed by atoms with Crippen LogP contribution >= 0.6 is 0 Å². The summed E-state index contributed by atoms with van der Waals surface area (Å²) in [5, 5.41) is 17.3. The van der Waals surface area contributed by atoms with E-state index in [9.17, 15) is 5.26 Å². The van der Waals surface area contributed by atoms with Crippen LogP contribution in [0.25, 0.3) is 82.2 Å². The lowest BCUT2D eigenvalue weighted by atomic mass is 9.97. The van der Waals surface area contributed by atoms with E-state index in [-0.39, 0.29) is 0 Å². The Balaban J connectivity index is 1.04. The zero-order valence-electron chi connectivity index (χ0n) is 37.5. The van der Waals surface area contributed by atoms with Crippen molar-refractivity contribution in [2.75, 3.05) is 9.80 Å². The smallest absolute Gasteiger partial charge is 0.0998 e. The summed E-state index contributed by atoms with van der Waals surface area (Å²) in [5.74, 6) is 0. The average molecular weight is 879 g/mol. The molecule has 4 nitrogen and oxygen atoms in total. The summed E-state index contributed by atoms with van der Waals surface area (Å²) in [4.78, 5) is 4.74. The summed E-state index contributed by atoms with van der Waals surface area (Å²) in [6, 6.07) is 93.5. The van der Waals surface area contributed by atoms with E-state index >= 15 is 0 Å². The molecular formula is C65H42N4.